The molecule has 1 aliphatic rings. The Balaban J connectivity index is 2.95. The van der Waals surface area contributed by atoms with E-state index in [0.717, 1.165) is 6.92 Å². The molecule has 1 amide bonds. The lowest BCUT2D eigenvalue weighted by Gasteiger charge is -2.55. The van der Waals surface area contributed by atoms with Crippen molar-refractivity contribution in [2.75, 3.05) is 6.61 Å². The van der Waals surface area contributed by atoms with Crippen LogP contribution in [0.25, 0.3) is 0 Å². The van der Waals surface area contributed by atoms with Crippen molar-refractivity contribution >= 4 is 5.91 Å². The minimum atomic E-state index is -2.14. The highest BCUT2D eigenvalue weighted by molar-refractivity contribution is 5.74. The van der Waals surface area contributed by atoms with Crippen molar-refractivity contribution in [3.63, 3.8) is 0 Å². The lowest BCUT2D eigenvalue weighted by Crippen LogP contribution is -2.81. The van der Waals surface area contributed by atoms with Gasteiger partial charge in [0, 0.05) is 12.8 Å². The van der Waals surface area contributed by atoms with Gasteiger partial charge in [0.05, 0.1) is 6.61 Å². The number of aliphatic hydroxyl groups is 4. The third-order valence-corrected chi connectivity index (χ3v) is 2.81. The van der Waals surface area contributed by atoms with Crippen molar-refractivity contribution in [1.82, 2.24) is 5.32 Å². The zero-order valence-electron chi connectivity index (χ0n) is 8.09. The summed E-state index contributed by atoms with van der Waals surface area (Å²) in [5.74, 6) is -1.87. The van der Waals surface area contributed by atoms with Crippen molar-refractivity contribution in [3.05, 3.63) is 0 Å². The average Bonchev–Trinajstić information content (AvgIpc) is 2.15. The largest absolute Gasteiger partial charge is 0.396 e. The van der Waals surface area contributed by atoms with E-state index >= 15 is 0 Å². The molecule has 3 unspecified atom stereocenters. The second kappa shape index (κ2) is 4.01. The van der Waals surface area contributed by atoms with Gasteiger partial charge < -0.3 is 25.7 Å². The molecule has 15 heavy (non-hydrogen) atoms. The summed E-state index contributed by atoms with van der Waals surface area (Å²) < 4.78 is 13.1. The molecule has 1 rings (SSSR count). The number of nitrogens with one attached hydrogen (secondary N) is 1. The van der Waals surface area contributed by atoms with Crippen LogP contribution in [0.5, 0.6) is 0 Å². The van der Waals surface area contributed by atoms with Crippen molar-refractivity contribution in [3.8, 4) is 0 Å². The van der Waals surface area contributed by atoms with Crippen LogP contribution in [0.2, 0.25) is 0 Å². The Hall–Kier alpha value is -0.760. The summed E-state index contributed by atoms with van der Waals surface area (Å²) in [6, 6.07) is 0. The molecule has 5 N–H and O–H groups in total. The number of carbonyl (C=O) groups is 1. The molecule has 0 spiro atoms. The lowest BCUT2D eigenvalue weighted by atomic mass is 9.62. The van der Waals surface area contributed by atoms with Crippen LogP contribution in [-0.2, 0) is 4.79 Å². The fraction of sp³-hybridized carbons (Fsp3) is 0.875. The molecule has 0 aromatic heterocycles. The third kappa shape index (κ3) is 1.61. The maximum Gasteiger partial charge on any atom is 0.217 e. The monoisotopic (exact) mass is 223 g/mol. The molecule has 0 aliphatic heterocycles. The van der Waals surface area contributed by atoms with E-state index in [2.05, 4.69) is 5.32 Å². The smallest absolute Gasteiger partial charge is 0.217 e. The SMILES string of the molecule is CC(=O)NC1(C(O)O)C(O)[C@H](F)C1CO. The van der Waals surface area contributed by atoms with Gasteiger partial charge >= 0.3 is 0 Å². The van der Waals surface area contributed by atoms with Crippen LogP contribution in [0.3, 0.4) is 0 Å². The van der Waals surface area contributed by atoms with E-state index in [0.29, 0.717) is 0 Å². The highest BCUT2D eigenvalue weighted by Crippen LogP contribution is 2.43. The Morgan fingerprint density at radius 2 is 2.13 bits per heavy atom. The minimum absolute atomic E-state index is 0.646. The van der Waals surface area contributed by atoms with E-state index in [-0.39, 0.29) is 0 Å². The van der Waals surface area contributed by atoms with Gasteiger partial charge in [-0.2, -0.15) is 0 Å². The number of halogens is 1. The summed E-state index contributed by atoms with van der Waals surface area (Å²) in [5, 5.41) is 38.4. The zero-order chi connectivity index (χ0) is 11.8. The van der Waals surface area contributed by atoms with E-state index in [9.17, 15) is 14.3 Å². The molecule has 88 valence electrons. The van der Waals surface area contributed by atoms with Crippen LogP contribution in [0.1, 0.15) is 6.92 Å². The standard InChI is InChI=1S/C8H14FNO5/c1-3(12)10-8(7(14)15)4(2-11)5(9)6(8)13/h4-7,11,13-15H,2H2,1H3,(H,10,12)/t4?,5-,6?,8?/m1/s1. The quantitative estimate of drug-likeness (QED) is 0.339. The van der Waals surface area contributed by atoms with E-state index < -0.39 is 42.5 Å². The van der Waals surface area contributed by atoms with Crippen molar-refractivity contribution in [1.29, 1.82) is 0 Å². The molecule has 0 aromatic carbocycles. The van der Waals surface area contributed by atoms with E-state index in [4.69, 9.17) is 15.3 Å². The topological polar surface area (TPSA) is 110 Å². The van der Waals surface area contributed by atoms with Crippen LogP contribution >= 0.6 is 0 Å². The number of alkyl halides is 1. The van der Waals surface area contributed by atoms with Crippen LogP contribution < -0.4 is 5.32 Å². The van der Waals surface area contributed by atoms with Gasteiger partial charge in [-0.25, -0.2) is 4.39 Å². The van der Waals surface area contributed by atoms with Gasteiger partial charge in [-0.15, -0.1) is 0 Å². The molecule has 0 heterocycles. The Kier molecular flexibility index (Phi) is 3.29. The first-order valence-corrected chi connectivity index (χ1v) is 4.45. The van der Waals surface area contributed by atoms with Crippen molar-refractivity contribution in [2.24, 2.45) is 5.92 Å². The summed E-state index contributed by atoms with van der Waals surface area (Å²) in [6.07, 6.45) is -5.66. The van der Waals surface area contributed by atoms with Crippen LogP contribution in [0, 0.1) is 5.92 Å². The Bertz CT molecular complexity index is 261. The fourth-order valence-electron chi connectivity index (χ4n) is 1.98. The maximum absolute atomic E-state index is 13.1. The first-order valence-electron chi connectivity index (χ1n) is 4.45. The third-order valence-electron chi connectivity index (χ3n) is 2.81. The van der Waals surface area contributed by atoms with Crippen molar-refractivity contribution < 1.29 is 29.6 Å². The first kappa shape index (κ1) is 12.3. The summed E-state index contributed by atoms with van der Waals surface area (Å²) >= 11 is 0. The zero-order valence-corrected chi connectivity index (χ0v) is 8.09. The van der Waals surface area contributed by atoms with Crippen molar-refractivity contribution in [2.45, 2.75) is 31.0 Å². The fourth-order valence-corrected chi connectivity index (χ4v) is 1.98. The van der Waals surface area contributed by atoms with Crippen LogP contribution in [0.4, 0.5) is 4.39 Å². The molecule has 0 radical (unpaired) electrons. The predicted octanol–water partition coefficient (Wildman–Crippen LogP) is -2.51. The van der Waals surface area contributed by atoms with Gasteiger partial charge in [-0.1, -0.05) is 0 Å². The maximum atomic E-state index is 13.1. The Morgan fingerprint density at radius 3 is 2.47 bits per heavy atom. The molecule has 6 nitrogen and oxygen atoms in total. The van der Waals surface area contributed by atoms with Crippen LogP contribution in [-0.4, -0.2) is 57.0 Å². The average molecular weight is 223 g/mol. The minimum Gasteiger partial charge on any atom is -0.396 e. The summed E-state index contributed by atoms with van der Waals surface area (Å²) in [6.45, 7) is 0.396. The molecular weight excluding hydrogens is 209 g/mol. The molecule has 0 bridgehead atoms. The Labute approximate surface area is 85.3 Å². The van der Waals surface area contributed by atoms with Gasteiger partial charge in [-0.05, 0) is 0 Å². The van der Waals surface area contributed by atoms with E-state index in [1.54, 1.807) is 0 Å². The number of hydrogen-bond donors (Lipinski definition) is 5. The lowest BCUT2D eigenvalue weighted by molar-refractivity contribution is -0.252. The van der Waals surface area contributed by atoms with Gasteiger partial charge in [-0.3, -0.25) is 4.79 Å². The number of rotatable bonds is 3. The van der Waals surface area contributed by atoms with Gasteiger partial charge in [0.1, 0.15) is 17.8 Å². The molecule has 1 saturated carbocycles. The number of carbonyl (C=O) groups excluding carboxylic acids is 1. The number of hydrogen-bond acceptors (Lipinski definition) is 5. The summed E-state index contributed by atoms with van der Waals surface area (Å²) in [4.78, 5) is 10.8. The highest BCUT2D eigenvalue weighted by Gasteiger charge is 2.66. The van der Waals surface area contributed by atoms with Gasteiger partial charge in [0.25, 0.3) is 0 Å². The van der Waals surface area contributed by atoms with E-state index in [1.165, 1.54) is 0 Å². The summed E-state index contributed by atoms with van der Waals surface area (Å²) in [5.41, 5.74) is -1.92. The van der Waals surface area contributed by atoms with Gasteiger partial charge in [0.15, 0.2) is 6.29 Å². The second-order valence-corrected chi connectivity index (χ2v) is 3.67. The second-order valence-electron chi connectivity index (χ2n) is 3.67. The molecule has 1 fully saturated rings. The molecule has 4 atom stereocenters. The molecular formula is C8H14FNO5. The number of aliphatic hydroxyl groups excluding tert-OH is 3. The first-order chi connectivity index (χ1) is 6.87. The molecule has 0 aromatic rings. The van der Waals surface area contributed by atoms with E-state index in [1.807, 2.05) is 0 Å². The Morgan fingerprint density at radius 1 is 1.60 bits per heavy atom. The van der Waals surface area contributed by atoms with Crippen LogP contribution in [0.15, 0.2) is 0 Å². The van der Waals surface area contributed by atoms with Gasteiger partial charge in [0.2, 0.25) is 5.91 Å². The molecule has 7 heteroatoms. The highest BCUT2D eigenvalue weighted by atomic mass is 19.1. The molecule has 1 aliphatic carbocycles. The predicted molar refractivity (Wildman–Crippen MR) is 46.3 cm³/mol. The normalized spacial score (nSPS) is 40.1. The summed E-state index contributed by atoms with van der Waals surface area (Å²) in [7, 11) is 0. The number of amides is 1. The molecule has 0 saturated heterocycles.